The van der Waals surface area contributed by atoms with Crippen LogP contribution in [0.4, 0.5) is 0 Å². The lowest BCUT2D eigenvalue weighted by atomic mass is 9.96. The highest BCUT2D eigenvalue weighted by Crippen LogP contribution is 2.31. The summed E-state index contributed by atoms with van der Waals surface area (Å²) in [5.41, 5.74) is 4.58. The molecule has 20 heavy (non-hydrogen) atoms. The van der Waals surface area contributed by atoms with Crippen LogP contribution in [0.15, 0.2) is 24.3 Å². The van der Waals surface area contributed by atoms with Crippen LogP contribution < -0.4 is 0 Å². The number of hydrogen-bond donors (Lipinski definition) is 0. The van der Waals surface area contributed by atoms with Gasteiger partial charge >= 0.3 is 0 Å². The second-order valence-corrected chi connectivity index (χ2v) is 5.80. The molecule has 3 rings (SSSR count). The fourth-order valence-corrected chi connectivity index (χ4v) is 2.84. The predicted molar refractivity (Wildman–Crippen MR) is 79.6 cm³/mol. The van der Waals surface area contributed by atoms with E-state index in [2.05, 4.69) is 38.1 Å². The fraction of sp³-hybridized carbons (Fsp3) is 0.471. The summed E-state index contributed by atoms with van der Waals surface area (Å²) in [5, 5.41) is 0. The van der Waals surface area contributed by atoms with Gasteiger partial charge in [-0.3, -0.25) is 4.79 Å². The first-order chi connectivity index (χ1) is 9.66. The Morgan fingerprint density at radius 2 is 2.00 bits per heavy atom. The fourth-order valence-electron chi connectivity index (χ4n) is 2.84. The maximum atomic E-state index is 12.6. The molecule has 0 bridgehead atoms. The quantitative estimate of drug-likeness (QED) is 0.827. The number of morpholine rings is 1. The Kier molecular flexibility index (Phi) is 3.62. The Bertz CT molecular complexity index is 554. The molecule has 3 nitrogen and oxygen atoms in total. The molecule has 0 radical (unpaired) electrons. The number of ether oxygens (including phenoxy) is 1. The van der Waals surface area contributed by atoms with Crippen LogP contribution in [0.1, 0.15) is 36.5 Å². The van der Waals surface area contributed by atoms with Crippen molar-refractivity contribution < 1.29 is 9.53 Å². The summed E-state index contributed by atoms with van der Waals surface area (Å²) in [7, 11) is 0. The van der Waals surface area contributed by atoms with Crippen molar-refractivity contribution in [1.82, 2.24) is 4.90 Å². The van der Waals surface area contributed by atoms with E-state index in [0.717, 1.165) is 17.6 Å². The average Bonchev–Trinajstić information content (AvgIpc) is 2.90. The first kappa shape index (κ1) is 13.4. The molecule has 1 aliphatic carbocycles. The van der Waals surface area contributed by atoms with Crippen molar-refractivity contribution in [2.75, 3.05) is 26.3 Å². The Morgan fingerprint density at radius 3 is 2.70 bits per heavy atom. The summed E-state index contributed by atoms with van der Waals surface area (Å²) in [6, 6.07) is 6.54. The molecular formula is C17H21NO2. The van der Waals surface area contributed by atoms with Gasteiger partial charge < -0.3 is 9.64 Å². The summed E-state index contributed by atoms with van der Waals surface area (Å²) >= 11 is 0. The molecule has 1 aliphatic heterocycles. The topological polar surface area (TPSA) is 29.5 Å². The maximum absolute atomic E-state index is 12.6. The zero-order chi connectivity index (χ0) is 14.1. The molecule has 0 atom stereocenters. The Labute approximate surface area is 120 Å². The van der Waals surface area contributed by atoms with Gasteiger partial charge in [0, 0.05) is 18.7 Å². The van der Waals surface area contributed by atoms with E-state index in [0.29, 0.717) is 32.2 Å². The van der Waals surface area contributed by atoms with Gasteiger partial charge in [0.25, 0.3) is 5.91 Å². The van der Waals surface area contributed by atoms with E-state index in [1.807, 2.05) is 4.90 Å². The lowest BCUT2D eigenvalue weighted by Gasteiger charge is -2.27. The Morgan fingerprint density at radius 1 is 1.25 bits per heavy atom. The van der Waals surface area contributed by atoms with E-state index < -0.39 is 0 Å². The molecule has 3 heteroatoms. The largest absolute Gasteiger partial charge is 0.378 e. The number of nitrogens with zero attached hydrogens (tertiary/aromatic N) is 1. The van der Waals surface area contributed by atoms with Gasteiger partial charge in [-0.05, 0) is 29.0 Å². The van der Waals surface area contributed by atoms with Crippen molar-refractivity contribution in [3.63, 3.8) is 0 Å². The van der Waals surface area contributed by atoms with Gasteiger partial charge in [0.15, 0.2) is 0 Å². The van der Waals surface area contributed by atoms with Gasteiger partial charge in [0.2, 0.25) is 0 Å². The van der Waals surface area contributed by atoms with Gasteiger partial charge in [0.05, 0.1) is 13.2 Å². The lowest BCUT2D eigenvalue weighted by molar-refractivity contribution is -0.128. The standard InChI is InChI=1S/C17H21NO2/c1-12(2)14-4-3-13-5-6-15(16(13)11-14)17(19)18-7-9-20-10-8-18/h3-4,6,11-12H,5,7-10H2,1-2H3. The van der Waals surface area contributed by atoms with Gasteiger partial charge in [-0.2, -0.15) is 0 Å². The number of benzene rings is 1. The first-order valence-electron chi connectivity index (χ1n) is 7.37. The number of carbonyl (C=O) groups excluding carboxylic acids is 1. The number of hydrogen-bond acceptors (Lipinski definition) is 2. The smallest absolute Gasteiger partial charge is 0.254 e. The summed E-state index contributed by atoms with van der Waals surface area (Å²) in [6.45, 7) is 7.08. The van der Waals surface area contributed by atoms with E-state index in [4.69, 9.17) is 4.74 Å². The number of carbonyl (C=O) groups is 1. The highest BCUT2D eigenvalue weighted by molar-refractivity contribution is 6.21. The second kappa shape index (κ2) is 5.41. The molecule has 0 saturated carbocycles. The van der Waals surface area contributed by atoms with Crippen LogP contribution in [0.5, 0.6) is 0 Å². The summed E-state index contributed by atoms with van der Waals surface area (Å²) in [5.74, 6) is 0.647. The number of fused-ring (bicyclic) bond motifs is 1. The molecule has 0 aromatic heterocycles. The highest BCUT2D eigenvalue weighted by atomic mass is 16.5. The van der Waals surface area contributed by atoms with Gasteiger partial charge in [-0.25, -0.2) is 0 Å². The van der Waals surface area contributed by atoms with Gasteiger partial charge in [-0.15, -0.1) is 0 Å². The van der Waals surface area contributed by atoms with Crippen molar-refractivity contribution in [3.05, 3.63) is 41.0 Å². The van der Waals surface area contributed by atoms with Crippen molar-refractivity contribution in [3.8, 4) is 0 Å². The molecule has 106 valence electrons. The molecule has 0 N–H and O–H groups in total. The molecule has 1 saturated heterocycles. The third-order valence-electron chi connectivity index (χ3n) is 4.15. The Hall–Kier alpha value is -1.61. The van der Waals surface area contributed by atoms with Crippen LogP contribution in [0.2, 0.25) is 0 Å². The molecule has 1 fully saturated rings. The minimum Gasteiger partial charge on any atom is -0.378 e. The maximum Gasteiger partial charge on any atom is 0.254 e. The SMILES string of the molecule is CC(C)c1ccc2c(c1)C(C(=O)N1CCOCC1)=CC2. The van der Waals surface area contributed by atoms with Crippen molar-refractivity contribution in [2.24, 2.45) is 0 Å². The molecule has 1 amide bonds. The second-order valence-electron chi connectivity index (χ2n) is 5.80. The summed E-state index contributed by atoms with van der Waals surface area (Å²) in [6.07, 6.45) is 2.95. The monoisotopic (exact) mass is 271 g/mol. The van der Waals surface area contributed by atoms with Crippen LogP contribution in [0, 0.1) is 0 Å². The van der Waals surface area contributed by atoms with Gasteiger partial charge in [0.1, 0.15) is 0 Å². The average molecular weight is 271 g/mol. The highest BCUT2D eigenvalue weighted by Gasteiger charge is 2.26. The van der Waals surface area contributed by atoms with E-state index >= 15 is 0 Å². The van der Waals surface area contributed by atoms with Crippen molar-refractivity contribution in [2.45, 2.75) is 26.2 Å². The molecule has 0 unspecified atom stereocenters. The van der Waals surface area contributed by atoms with Crippen LogP contribution in [-0.2, 0) is 16.0 Å². The lowest BCUT2D eigenvalue weighted by Crippen LogP contribution is -2.40. The number of amides is 1. The van der Waals surface area contributed by atoms with Crippen molar-refractivity contribution >= 4 is 11.5 Å². The van der Waals surface area contributed by atoms with E-state index in [1.165, 1.54) is 11.1 Å². The molecule has 2 aliphatic rings. The molecule has 1 aromatic carbocycles. The van der Waals surface area contributed by atoms with Crippen LogP contribution >= 0.6 is 0 Å². The number of rotatable bonds is 2. The van der Waals surface area contributed by atoms with Crippen LogP contribution in [0.25, 0.3) is 5.57 Å². The molecule has 0 spiro atoms. The molecular weight excluding hydrogens is 250 g/mol. The number of allylic oxidation sites excluding steroid dienone is 1. The summed E-state index contributed by atoms with van der Waals surface area (Å²) in [4.78, 5) is 14.6. The molecule has 1 aromatic rings. The third-order valence-corrected chi connectivity index (χ3v) is 4.15. The third kappa shape index (κ3) is 2.38. The minimum absolute atomic E-state index is 0.160. The first-order valence-corrected chi connectivity index (χ1v) is 7.37. The van der Waals surface area contributed by atoms with Crippen molar-refractivity contribution in [1.29, 1.82) is 0 Å². The van der Waals surface area contributed by atoms with E-state index in [1.54, 1.807) is 0 Å². The van der Waals surface area contributed by atoms with Crippen LogP contribution in [-0.4, -0.2) is 37.1 Å². The normalized spacial score (nSPS) is 18.1. The zero-order valence-corrected chi connectivity index (χ0v) is 12.2. The van der Waals surface area contributed by atoms with E-state index in [-0.39, 0.29) is 5.91 Å². The zero-order valence-electron chi connectivity index (χ0n) is 12.2. The summed E-state index contributed by atoms with van der Waals surface area (Å²) < 4.78 is 5.32. The molecule has 1 heterocycles. The predicted octanol–water partition coefficient (Wildman–Crippen LogP) is 2.61. The minimum atomic E-state index is 0.160. The van der Waals surface area contributed by atoms with Gasteiger partial charge in [-0.1, -0.05) is 38.1 Å². The van der Waals surface area contributed by atoms with E-state index in [9.17, 15) is 4.79 Å². The Balaban J connectivity index is 1.87. The van der Waals surface area contributed by atoms with Crippen LogP contribution in [0.3, 0.4) is 0 Å².